The van der Waals surface area contributed by atoms with Crippen molar-refractivity contribution in [2.45, 2.75) is 12.8 Å². The Morgan fingerprint density at radius 2 is 2.29 bits per heavy atom. The van der Waals surface area contributed by atoms with Gasteiger partial charge in [0.05, 0.1) is 5.01 Å². The van der Waals surface area contributed by atoms with E-state index in [9.17, 15) is 0 Å². The largest absolute Gasteiger partial charge is 0.369 e. The van der Waals surface area contributed by atoms with Gasteiger partial charge in [-0.3, -0.25) is 5.43 Å². The van der Waals surface area contributed by atoms with E-state index in [-0.39, 0.29) is 0 Å². The predicted octanol–water partition coefficient (Wildman–Crippen LogP) is 1.43. The van der Waals surface area contributed by atoms with E-state index in [1.54, 1.807) is 23.6 Å². The van der Waals surface area contributed by atoms with Gasteiger partial charge >= 0.3 is 0 Å². The van der Waals surface area contributed by atoms with Gasteiger partial charge < -0.3 is 5.32 Å². The van der Waals surface area contributed by atoms with Crippen LogP contribution in [0.2, 0.25) is 0 Å². The van der Waals surface area contributed by atoms with Crippen LogP contribution >= 0.6 is 11.3 Å². The van der Waals surface area contributed by atoms with E-state index in [1.807, 2.05) is 11.6 Å². The first kappa shape index (κ1) is 11.7. The monoisotopic (exact) mass is 250 g/mol. The van der Waals surface area contributed by atoms with Gasteiger partial charge in [-0.25, -0.2) is 15.8 Å². The van der Waals surface area contributed by atoms with Crippen LogP contribution in [0.15, 0.2) is 23.8 Å². The number of hydrazine groups is 1. The number of nitrogen functional groups attached to an aromatic ring is 1. The molecule has 0 bridgehead atoms. The molecular weight excluding hydrogens is 236 g/mol. The fraction of sp³-hybridized carbons (Fsp3) is 0.300. The van der Waals surface area contributed by atoms with Crippen LogP contribution in [-0.2, 0) is 0 Å². The Morgan fingerprint density at radius 1 is 1.41 bits per heavy atom. The molecule has 0 aromatic carbocycles. The van der Waals surface area contributed by atoms with Crippen LogP contribution in [0.1, 0.15) is 17.8 Å². The summed E-state index contributed by atoms with van der Waals surface area (Å²) in [6, 6.07) is 1.80. The molecule has 6 nitrogen and oxygen atoms in total. The van der Waals surface area contributed by atoms with Crippen LogP contribution in [-0.4, -0.2) is 21.5 Å². The molecule has 2 aromatic rings. The Bertz CT molecular complexity index is 458. The second kappa shape index (κ2) is 5.55. The Balaban J connectivity index is 1.93. The van der Waals surface area contributed by atoms with Gasteiger partial charge in [0.15, 0.2) is 0 Å². The predicted molar refractivity (Wildman–Crippen MR) is 68.9 cm³/mol. The van der Waals surface area contributed by atoms with Gasteiger partial charge in [-0.05, 0) is 6.07 Å². The lowest BCUT2D eigenvalue weighted by Crippen LogP contribution is -2.14. The first-order chi connectivity index (χ1) is 8.29. The summed E-state index contributed by atoms with van der Waals surface area (Å²) in [5, 5.41) is 6.32. The maximum absolute atomic E-state index is 5.24. The zero-order valence-corrected chi connectivity index (χ0v) is 10.2. The molecule has 0 amide bonds. The first-order valence-electron chi connectivity index (χ1n) is 5.22. The summed E-state index contributed by atoms with van der Waals surface area (Å²) in [5.41, 5.74) is 2.41. The molecule has 0 radical (unpaired) electrons. The van der Waals surface area contributed by atoms with Gasteiger partial charge in [0.1, 0.15) is 5.82 Å². The van der Waals surface area contributed by atoms with E-state index in [4.69, 9.17) is 5.84 Å². The third-order valence-electron chi connectivity index (χ3n) is 2.25. The fourth-order valence-electron chi connectivity index (χ4n) is 1.35. The normalized spacial score (nSPS) is 12.1. The average Bonchev–Trinajstić information content (AvgIpc) is 2.90. The molecule has 90 valence electrons. The highest BCUT2D eigenvalue weighted by Crippen LogP contribution is 2.18. The number of hydrogen-bond donors (Lipinski definition) is 3. The van der Waals surface area contributed by atoms with Crippen LogP contribution in [0.3, 0.4) is 0 Å². The summed E-state index contributed by atoms with van der Waals surface area (Å²) in [6.07, 6.45) is 3.47. The molecule has 0 saturated heterocycles. The third kappa shape index (κ3) is 3.11. The van der Waals surface area contributed by atoms with Crippen molar-refractivity contribution < 1.29 is 0 Å². The molecule has 0 spiro atoms. The average molecular weight is 250 g/mol. The Kier molecular flexibility index (Phi) is 3.84. The molecule has 4 N–H and O–H groups in total. The Hall–Kier alpha value is -1.73. The summed E-state index contributed by atoms with van der Waals surface area (Å²) in [4.78, 5) is 12.4. The number of hydrogen-bond acceptors (Lipinski definition) is 7. The molecular formula is C10H14N6S. The molecule has 2 heterocycles. The summed E-state index contributed by atoms with van der Waals surface area (Å²) in [7, 11) is 0. The number of aromatic nitrogens is 3. The summed E-state index contributed by atoms with van der Waals surface area (Å²) < 4.78 is 0. The zero-order valence-electron chi connectivity index (χ0n) is 9.42. The zero-order chi connectivity index (χ0) is 12.1. The lowest BCUT2D eigenvalue weighted by Gasteiger charge is -2.10. The molecule has 0 aliphatic heterocycles. The van der Waals surface area contributed by atoms with Crippen molar-refractivity contribution in [1.82, 2.24) is 15.0 Å². The highest BCUT2D eigenvalue weighted by atomic mass is 32.1. The summed E-state index contributed by atoms with van der Waals surface area (Å²) in [5.74, 6) is 6.73. The van der Waals surface area contributed by atoms with Gasteiger partial charge in [-0.1, -0.05) is 6.92 Å². The van der Waals surface area contributed by atoms with Crippen LogP contribution in [0.5, 0.6) is 0 Å². The van der Waals surface area contributed by atoms with Crippen molar-refractivity contribution >= 4 is 23.1 Å². The maximum atomic E-state index is 5.24. The van der Waals surface area contributed by atoms with E-state index in [0.29, 0.717) is 11.9 Å². The van der Waals surface area contributed by atoms with Gasteiger partial charge in [-0.2, -0.15) is 4.98 Å². The fourth-order valence-corrected chi connectivity index (χ4v) is 2.05. The molecule has 7 heteroatoms. The van der Waals surface area contributed by atoms with Gasteiger partial charge in [0.2, 0.25) is 5.95 Å². The number of nitrogens with one attached hydrogen (secondary N) is 2. The smallest absolute Gasteiger partial charge is 0.239 e. The molecule has 0 fully saturated rings. The SMILES string of the molecule is CC(CNc1ccnc(NN)n1)c1nccs1. The van der Waals surface area contributed by atoms with Crippen molar-refractivity contribution in [3.8, 4) is 0 Å². The Morgan fingerprint density at radius 3 is 3.00 bits per heavy atom. The molecule has 2 aromatic heterocycles. The molecule has 17 heavy (non-hydrogen) atoms. The highest BCUT2D eigenvalue weighted by molar-refractivity contribution is 7.09. The van der Waals surface area contributed by atoms with Crippen molar-refractivity contribution in [3.05, 3.63) is 28.8 Å². The van der Waals surface area contributed by atoms with E-state index in [1.165, 1.54) is 0 Å². The second-order valence-electron chi connectivity index (χ2n) is 3.56. The minimum atomic E-state index is 0.347. The lowest BCUT2D eigenvalue weighted by atomic mass is 10.2. The number of nitrogens with zero attached hydrogens (tertiary/aromatic N) is 3. The molecule has 0 aliphatic carbocycles. The topological polar surface area (TPSA) is 88.8 Å². The van der Waals surface area contributed by atoms with Gasteiger partial charge in [0.25, 0.3) is 0 Å². The minimum absolute atomic E-state index is 0.347. The van der Waals surface area contributed by atoms with Crippen molar-refractivity contribution in [1.29, 1.82) is 0 Å². The number of rotatable bonds is 5. The summed E-state index contributed by atoms with van der Waals surface area (Å²) >= 11 is 1.66. The summed E-state index contributed by atoms with van der Waals surface area (Å²) in [6.45, 7) is 2.89. The van der Waals surface area contributed by atoms with Crippen molar-refractivity contribution in [2.24, 2.45) is 5.84 Å². The van der Waals surface area contributed by atoms with Crippen molar-refractivity contribution in [3.63, 3.8) is 0 Å². The quantitative estimate of drug-likeness (QED) is 0.549. The van der Waals surface area contributed by atoms with Crippen LogP contribution < -0.4 is 16.6 Å². The number of thiazole rings is 1. The lowest BCUT2D eigenvalue weighted by molar-refractivity contribution is 0.791. The Labute approximate surface area is 103 Å². The molecule has 0 aliphatic rings. The standard InChI is InChI=1S/C10H14N6S/c1-7(9-12-4-5-17-9)6-14-8-2-3-13-10(15-8)16-11/h2-5,7H,6,11H2,1H3,(H2,13,14,15,16). The third-order valence-corrected chi connectivity index (χ3v) is 3.25. The molecule has 0 saturated carbocycles. The van der Waals surface area contributed by atoms with E-state index in [0.717, 1.165) is 17.4 Å². The molecule has 1 atom stereocenters. The van der Waals surface area contributed by atoms with E-state index in [2.05, 4.69) is 32.6 Å². The molecule has 2 rings (SSSR count). The van der Waals surface area contributed by atoms with Crippen LogP contribution in [0, 0.1) is 0 Å². The van der Waals surface area contributed by atoms with Gasteiger partial charge in [0, 0.05) is 30.2 Å². The first-order valence-corrected chi connectivity index (χ1v) is 6.10. The molecule has 1 unspecified atom stereocenters. The van der Waals surface area contributed by atoms with Crippen molar-refractivity contribution in [2.75, 3.05) is 17.3 Å². The maximum Gasteiger partial charge on any atom is 0.239 e. The highest BCUT2D eigenvalue weighted by Gasteiger charge is 2.08. The second-order valence-corrected chi connectivity index (χ2v) is 4.49. The number of nitrogens with two attached hydrogens (primary N) is 1. The number of anilines is 2. The minimum Gasteiger partial charge on any atom is -0.369 e. The van der Waals surface area contributed by atoms with E-state index < -0.39 is 0 Å². The van der Waals surface area contributed by atoms with Crippen LogP contribution in [0.4, 0.5) is 11.8 Å². The van der Waals surface area contributed by atoms with E-state index >= 15 is 0 Å². The van der Waals surface area contributed by atoms with Gasteiger partial charge in [-0.15, -0.1) is 11.3 Å². The van der Waals surface area contributed by atoms with Crippen LogP contribution in [0.25, 0.3) is 0 Å².